The molecule has 1 heterocycles. The highest BCUT2D eigenvalue weighted by atomic mass is 16.3. The Morgan fingerprint density at radius 3 is 2.83 bits per heavy atom. The largest absolute Gasteiger partial charge is 0.394 e. The number of pyridine rings is 1. The third kappa shape index (κ3) is 1.95. The van der Waals surface area contributed by atoms with Crippen molar-refractivity contribution >= 4 is 5.82 Å². The fourth-order valence-corrected chi connectivity index (χ4v) is 2.54. The number of nitrogens with one attached hydrogen (secondary N) is 1. The van der Waals surface area contributed by atoms with Gasteiger partial charge in [-0.3, -0.25) is 0 Å². The quantitative estimate of drug-likeness (QED) is 0.849. The fraction of sp³-hybridized carbons (Fsp3) is 0.571. The molecule has 2 aliphatic rings. The van der Waals surface area contributed by atoms with Crippen LogP contribution in [-0.4, -0.2) is 22.2 Å². The van der Waals surface area contributed by atoms with E-state index in [0.29, 0.717) is 11.4 Å². The number of aromatic nitrogens is 1. The molecule has 0 atom stereocenters. The first-order chi connectivity index (χ1) is 8.76. The maximum atomic E-state index is 9.35. The molecule has 0 amide bonds. The number of anilines is 1. The van der Waals surface area contributed by atoms with Crippen molar-refractivity contribution in [1.29, 1.82) is 5.26 Å². The highest BCUT2D eigenvalue weighted by Gasteiger charge is 2.42. The lowest BCUT2D eigenvalue weighted by molar-refractivity contribution is 0.266. The summed E-state index contributed by atoms with van der Waals surface area (Å²) < 4.78 is 0. The van der Waals surface area contributed by atoms with Crippen molar-refractivity contribution < 1.29 is 5.11 Å². The summed E-state index contributed by atoms with van der Waals surface area (Å²) in [5.74, 6) is 0.657. The van der Waals surface area contributed by atoms with E-state index < -0.39 is 0 Å². The van der Waals surface area contributed by atoms with E-state index >= 15 is 0 Å². The van der Waals surface area contributed by atoms with Crippen LogP contribution in [0.4, 0.5) is 5.82 Å². The van der Waals surface area contributed by atoms with E-state index in [1.54, 1.807) is 0 Å². The maximum Gasteiger partial charge on any atom is 0.144 e. The minimum absolute atomic E-state index is 0.108. The van der Waals surface area contributed by atoms with Crippen LogP contribution in [0.3, 0.4) is 0 Å². The molecule has 0 radical (unpaired) electrons. The molecular weight excluding hydrogens is 226 g/mol. The summed E-state index contributed by atoms with van der Waals surface area (Å²) in [6, 6.07) is 4.18. The van der Waals surface area contributed by atoms with Gasteiger partial charge in [0.05, 0.1) is 17.7 Å². The number of aliphatic hydroxyl groups excluding tert-OH is 1. The van der Waals surface area contributed by atoms with Crippen molar-refractivity contribution in [2.45, 2.75) is 44.1 Å². The van der Waals surface area contributed by atoms with Crippen LogP contribution in [0.15, 0.2) is 6.07 Å². The average Bonchev–Trinajstić information content (AvgIpc) is 3.18. The summed E-state index contributed by atoms with van der Waals surface area (Å²) in [4.78, 5) is 4.61. The van der Waals surface area contributed by atoms with Gasteiger partial charge in [-0.05, 0) is 50.2 Å². The molecule has 0 aliphatic heterocycles. The maximum absolute atomic E-state index is 9.35. The zero-order valence-corrected chi connectivity index (χ0v) is 10.4. The summed E-state index contributed by atoms with van der Waals surface area (Å²) in [6.07, 6.45) is 6.30. The first kappa shape index (κ1) is 11.5. The monoisotopic (exact) mass is 243 g/mol. The zero-order chi connectivity index (χ0) is 12.6. The lowest BCUT2D eigenvalue weighted by atomic mass is 9.95. The van der Waals surface area contributed by atoms with Gasteiger partial charge >= 0.3 is 0 Å². The van der Waals surface area contributed by atoms with Crippen molar-refractivity contribution in [2.75, 3.05) is 11.9 Å². The van der Waals surface area contributed by atoms with Gasteiger partial charge in [0.25, 0.3) is 0 Å². The van der Waals surface area contributed by atoms with Crippen LogP contribution < -0.4 is 5.32 Å². The van der Waals surface area contributed by atoms with E-state index in [0.717, 1.165) is 31.4 Å². The number of aryl methyl sites for hydroxylation is 2. The zero-order valence-electron chi connectivity index (χ0n) is 10.4. The molecule has 94 valence electrons. The third-order valence-electron chi connectivity index (χ3n) is 3.96. The van der Waals surface area contributed by atoms with Gasteiger partial charge in [0.1, 0.15) is 11.9 Å². The van der Waals surface area contributed by atoms with Gasteiger partial charge in [0, 0.05) is 5.69 Å². The predicted molar refractivity (Wildman–Crippen MR) is 68.3 cm³/mol. The summed E-state index contributed by atoms with van der Waals surface area (Å²) in [7, 11) is 0. The number of aliphatic hydroxyl groups is 1. The molecule has 1 aromatic heterocycles. The van der Waals surface area contributed by atoms with Gasteiger partial charge in [-0.15, -0.1) is 0 Å². The Hall–Kier alpha value is -1.60. The first-order valence-electron chi connectivity index (χ1n) is 6.58. The van der Waals surface area contributed by atoms with Crippen molar-refractivity contribution in [3.8, 4) is 6.07 Å². The molecule has 0 aromatic carbocycles. The first-order valence-corrected chi connectivity index (χ1v) is 6.58. The van der Waals surface area contributed by atoms with Crippen LogP contribution in [0.25, 0.3) is 0 Å². The van der Waals surface area contributed by atoms with E-state index in [-0.39, 0.29) is 12.1 Å². The SMILES string of the molecule is N#Cc1cc2c(nc1NC1(CO)CC1)CCCC2. The van der Waals surface area contributed by atoms with E-state index in [4.69, 9.17) is 0 Å². The Morgan fingerprint density at radius 2 is 2.17 bits per heavy atom. The molecule has 18 heavy (non-hydrogen) atoms. The molecule has 0 spiro atoms. The number of fused-ring (bicyclic) bond motifs is 1. The van der Waals surface area contributed by atoms with Gasteiger partial charge in [-0.25, -0.2) is 4.98 Å². The van der Waals surface area contributed by atoms with Gasteiger partial charge in [0.15, 0.2) is 0 Å². The normalized spacial score (nSPS) is 19.8. The molecule has 0 saturated heterocycles. The number of nitrogens with zero attached hydrogens (tertiary/aromatic N) is 2. The van der Waals surface area contributed by atoms with E-state index in [1.807, 2.05) is 6.07 Å². The van der Waals surface area contributed by atoms with Crippen molar-refractivity contribution in [2.24, 2.45) is 0 Å². The molecule has 0 unspecified atom stereocenters. The highest BCUT2D eigenvalue weighted by molar-refractivity contribution is 5.57. The van der Waals surface area contributed by atoms with Gasteiger partial charge in [-0.1, -0.05) is 0 Å². The molecule has 2 N–H and O–H groups in total. The van der Waals surface area contributed by atoms with E-state index in [1.165, 1.54) is 18.4 Å². The lowest BCUT2D eigenvalue weighted by Gasteiger charge is -2.20. The average molecular weight is 243 g/mol. The van der Waals surface area contributed by atoms with E-state index in [9.17, 15) is 10.4 Å². The van der Waals surface area contributed by atoms with Crippen LogP contribution in [0.5, 0.6) is 0 Å². The Labute approximate surface area is 107 Å². The van der Waals surface area contributed by atoms with Crippen molar-refractivity contribution in [3.63, 3.8) is 0 Å². The molecule has 1 aromatic rings. The van der Waals surface area contributed by atoms with Gasteiger partial charge < -0.3 is 10.4 Å². The summed E-state index contributed by atoms with van der Waals surface area (Å²) in [5.41, 5.74) is 2.73. The number of nitriles is 1. The van der Waals surface area contributed by atoms with Crippen LogP contribution in [0.1, 0.15) is 42.5 Å². The molecule has 1 fully saturated rings. The smallest absolute Gasteiger partial charge is 0.144 e. The molecule has 1 saturated carbocycles. The molecule has 3 rings (SSSR count). The highest BCUT2D eigenvalue weighted by Crippen LogP contribution is 2.39. The second-order valence-corrected chi connectivity index (χ2v) is 5.37. The minimum atomic E-state index is -0.221. The molecule has 4 nitrogen and oxygen atoms in total. The molecular formula is C14H17N3O. The fourth-order valence-electron chi connectivity index (χ4n) is 2.54. The topological polar surface area (TPSA) is 68.9 Å². The number of hydrogen-bond donors (Lipinski definition) is 2. The number of hydrogen-bond acceptors (Lipinski definition) is 4. The van der Waals surface area contributed by atoms with Crippen LogP contribution in [0.2, 0.25) is 0 Å². The minimum Gasteiger partial charge on any atom is -0.394 e. The summed E-state index contributed by atoms with van der Waals surface area (Å²) in [5, 5.41) is 21.8. The van der Waals surface area contributed by atoms with Gasteiger partial charge in [0.2, 0.25) is 0 Å². The predicted octanol–water partition coefficient (Wildman–Crippen LogP) is 1.77. The third-order valence-corrected chi connectivity index (χ3v) is 3.96. The van der Waals surface area contributed by atoms with E-state index in [2.05, 4.69) is 16.4 Å². The van der Waals surface area contributed by atoms with Crippen LogP contribution >= 0.6 is 0 Å². The standard InChI is InChI=1S/C14H17N3O/c15-8-11-7-10-3-1-2-4-12(10)16-13(11)17-14(9-18)5-6-14/h7,18H,1-6,9H2,(H,16,17). The van der Waals surface area contributed by atoms with Crippen LogP contribution in [0, 0.1) is 11.3 Å². The Balaban J connectivity index is 1.95. The summed E-state index contributed by atoms with van der Waals surface area (Å²) in [6.45, 7) is 0.108. The molecule has 2 aliphatic carbocycles. The second kappa shape index (κ2) is 4.25. The van der Waals surface area contributed by atoms with Crippen molar-refractivity contribution in [3.05, 3.63) is 22.9 Å². The van der Waals surface area contributed by atoms with Crippen LogP contribution in [-0.2, 0) is 12.8 Å². The molecule has 4 heteroatoms. The Kier molecular flexibility index (Phi) is 2.71. The van der Waals surface area contributed by atoms with Crippen molar-refractivity contribution in [1.82, 2.24) is 4.98 Å². The Morgan fingerprint density at radius 1 is 1.39 bits per heavy atom. The van der Waals surface area contributed by atoms with Gasteiger partial charge in [-0.2, -0.15) is 5.26 Å². The number of rotatable bonds is 3. The Bertz CT molecular complexity index is 515. The summed E-state index contributed by atoms with van der Waals surface area (Å²) >= 11 is 0. The lowest BCUT2D eigenvalue weighted by Crippen LogP contribution is -2.27. The second-order valence-electron chi connectivity index (χ2n) is 5.37. The molecule has 0 bridgehead atoms.